The number of hydrogen-bond donors (Lipinski definition) is 2. The number of carbonyl (C=O) groups is 2. The predicted octanol–water partition coefficient (Wildman–Crippen LogP) is 3.03. The van der Waals surface area contributed by atoms with Gasteiger partial charge in [-0.3, -0.25) is 14.5 Å². The van der Waals surface area contributed by atoms with Gasteiger partial charge in [0.05, 0.1) is 6.10 Å². The number of ketones is 1. The highest BCUT2D eigenvalue weighted by molar-refractivity contribution is 5.98. The zero-order chi connectivity index (χ0) is 19.2. The minimum absolute atomic E-state index is 0.0229. The van der Waals surface area contributed by atoms with Crippen LogP contribution < -0.4 is 5.32 Å². The Morgan fingerprint density at radius 2 is 1.93 bits per heavy atom. The molecule has 0 radical (unpaired) electrons. The van der Waals surface area contributed by atoms with Crippen molar-refractivity contribution in [2.75, 3.05) is 18.4 Å². The van der Waals surface area contributed by atoms with E-state index >= 15 is 0 Å². The Bertz CT molecular complexity index is 819. The molecule has 142 valence electrons. The summed E-state index contributed by atoms with van der Waals surface area (Å²) in [7, 11) is 0. The molecule has 27 heavy (non-hydrogen) atoms. The van der Waals surface area contributed by atoms with Gasteiger partial charge in [-0.1, -0.05) is 36.4 Å². The van der Waals surface area contributed by atoms with E-state index in [1.807, 2.05) is 6.07 Å². The Kier molecular flexibility index (Phi) is 6.37. The molecule has 1 atom stereocenters. The first-order valence-electron chi connectivity index (χ1n) is 9.39. The van der Waals surface area contributed by atoms with Crippen LogP contribution in [0.1, 0.15) is 41.3 Å². The highest BCUT2D eigenvalue weighted by atomic mass is 16.3. The molecule has 0 aliphatic carbocycles. The number of Topliss-reactive ketones (excluding diaryl/α,β-unsaturated/α-hetero) is 1. The van der Waals surface area contributed by atoms with Crippen molar-refractivity contribution in [3.63, 3.8) is 0 Å². The Labute approximate surface area is 160 Å². The molecule has 1 aliphatic heterocycles. The van der Waals surface area contributed by atoms with Gasteiger partial charge in [0.15, 0.2) is 5.78 Å². The van der Waals surface area contributed by atoms with E-state index in [2.05, 4.69) is 28.4 Å². The van der Waals surface area contributed by atoms with E-state index in [0.717, 1.165) is 19.5 Å². The van der Waals surface area contributed by atoms with E-state index in [-0.39, 0.29) is 18.1 Å². The van der Waals surface area contributed by atoms with Crippen LogP contribution in [0, 0.1) is 0 Å². The van der Waals surface area contributed by atoms with Gasteiger partial charge >= 0.3 is 0 Å². The Morgan fingerprint density at radius 3 is 2.70 bits per heavy atom. The number of hydrogen-bond acceptors (Lipinski definition) is 4. The number of fused-ring (bicyclic) bond motifs is 1. The van der Waals surface area contributed by atoms with E-state index in [1.165, 1.54) is 18.1 Å². The number of carbonyl (C=O) groups excluding carboxylic acids is 2. The van der Waals surface area contributed by atoms with Crippen LogP contribution in [0.25, 0.3) is 0 Å². The number of β-amino-alcohol motifs (C(OH)–C–C–N with tert-alkyl or cyclic N) is 1. The molecule has 1 unspecified atom stereocenters. The molecule has 2 aromatic carbocycles. The van der Waals surface area contributed by atoms with Crippen molar-refractivity contribution in [3.8, 4) is 0 Å². The van der Waals surface area contributed by atoms with Crippen molar-refractivity contribution >= 4 is 17.4 Å². The summed E-state index contributed by atoms with van der Waals surface area (Å²) in [6.07, 6.45) is 1.19. The lowest BCUT2D eigenvalue weighted by atomic mass is 9.99. The fourth-order valence-corrected chi connectivity index (χ4v) is 3.52. The number of nitrogens with one attached hydrogen (secondary N) is 1. The first-order valence-corrected chi connectivity index (χ1v) is 9.39. The molecule has 2 aromatic rings. The summed E-state index contributed by atoms with van der Waals surface area (Å²) in [4.78, 5) is 25.8. The highest BCUT2D eigenvalue weighted by Gasteiger charge is 2.19. The van der Waals surface area contributed by atoms with Crippen molar-refractivity contribution < 1.29 is 14.7 Å². The number of nitrogens with zero attached hydrogens (tertiary/aromatic N) is 1. The van der Waals surface area contributed by atoms with Gasteiger partial charge in [-0.15, -0.1) is 0 Å². The molecule has 1 amide bonds. The van der Waals surface area contributed by atoms with Gasteiger partial charge in [0.2, 0.25) is 5.91 Å². The SMILES string of the molecule is CC(=O)Nc1cccc(C(=O)CCC(O)CN2CCc3ccccc3C2)c1. The number of rotatable bonds is 7. The number of amides is 1. The molecule has 3 rings (SSSR count). The molecule has 5 nitrogen and oxygen atoms in total. The van der Waals surface area contributed by atoms with E-state index in [4.69, 9.17) is 0 Å². The maximum atomic E-state index is 12.4. The van der Waals surface area contributed by atoms with Crippen molar-refractivity contribution in [2.24, 2.45) is 0 Å². The van der Waals surface area contributed by atoms with Crippen molar-refractivity contribution in [3.05, 3.63) is 65.2 Å². The quantitative estimate of drug-likeness (QED) is 0.739. The third-order valence-electron chi connectivity index (χ3n) is 4.89. The summed E-state index contributed by atoms with van der Waals surface area (Å²) in [5.41, 5.74) is 3.88. The van der Waals surface area contributed by atoms with Gasteiger partial charge in [-0.2, -0.15) is 0 Å². The molecule has 1 heterocycles. The fourth-order valence-electron chi connectivity index (χ4n) is 3.52. The summed E-state index contributed by atoms with van der Waals surface area (Å²) in [5, 5.41) is 13.0. The first-order chi connectivity index (χ1) is 13.0. The topological polar surface area (TPSA) is 69.6 Å². The van der Waals surface area contributed by atoms with Crippen LogP contribution in [-0.4, -0.2) is 40.9 Å². The third-order valence-corrected chi connectivity index (χ3v) is 4.89. The zero-order valence-electron chi connectivity index (χ0n) is 15.6. The second-order valence-electron chi connectivity index (χ2n) is 7.13. The molecule has 1 aliphatic rings. The number of benzene rings is 2. The summed E-state index contributed by atoms with van der Waals surface area (Å²) in [5.74, 6) is -0.191. The van der Waals surface area contributed by atoms with Gasteiger partial charge in [0, 0.05) is 44.2 Å². The normalized spacial score (nSPS) is 15.0. The molecule has 0 bridgehead atoms. The van der Waals surface area contributed by atoms with E-state index in [0.29, 0.717) is 24.2 Å². The largest absolute Gasteiger partial charge is 0.392 e. The van der Waals surface area contributed by atoms with E-state index < -0.39 is 6.10 Å². The Morgan fingerprint density at radius 1 is 1.15 bits per heavy atom. The molecule has 2 N–H and O–H groups in total. The Balaban J connectivity index is 1.48. The molecule has 0 spiro atoms. The van der Waals surface area contributed by atoms with Crippen LogP contribution in [0.5, 0.6) is 0 Å². The smallest absolute Gasteiger partial charge is 0.221 e. The monoisotopic (exact) mass is 366 g/mol. The van der Waals surface area contributed by atoms with Gasteiger partial charge in [0.1, 0.15) is 0 Å². The molecular weight excluding hydrogens is 340 g/mol. The van der Waals surface area contributed by atoms with Crippen LogP contribution in [0.3, 0.4) is 0 Å². The molecule has 5 heteroatoms. The average Bonchev–Trinajstić information content (AvgIpc) is 2.65. The minimum Gasteiger partial charge on any atom is -0.392 e. The lowest BCUT2D eigenvalue weighted by Crippen LogP contribution is -2.36. The maximum Gasteiger partial charge on any atom is 0.221 e. The van der Waals surface area contributed by atoms with Gasteiger partial charge in [-0.05, 0) is 36.1 Å². The minimum atomic E-state index is -0.530. The second kappa shape index (κ2) is 8.93. The second-order valence-corrected chi connectivity index (χ2v) is 7.13. The van der Waals surface area contributed by atoms with Crippen molar-refractivity contribution in [1.82, 2.24) is 4.90 Å². The van der Waals surface area contributed by atoms with Gasteiger partial charge < -0.3 is 10.4 Å². The standard InChI is InChI=1S/C22H26N2O3/c1-16(25)23-20-8-4-7-18(13-20)22(27)10-9-21(26)15-24-12-11-17-5-2-3-6-19(17)14-24/h2-8,13,21,26H,9-12,14-15H2,1H3,(H,23,25). The molecule has 0 aromatic heterocycles. The summed E-state index contributed by atoms with van der Waals surface area (Å²) >= 11 is 0. The zero-order valence-corrected chi connectivity index (χ0v) is 15.6. The van der Waals surface area contributed by atoms with Gasteiger partial charge in [-0.25, -0.2) is 0 Å². The molecule has 0 saturated heterocycles. The third kappa shape index (κ3) is 5.49. The van der Waals surface area contributed by atoms with Crippen LogP contribution in [0.4, 0.5) is 5.69 Å². The van der Waals surface area contributed by atoms with E-state index in [1.54, 1.807) is 24.3 Å². The van der Waals surface area contributed by atoms with Crippen LogP contribution in [0.2, 0.25) is 0 Å². The van der Waals surface area contributed by atoms with Crippen LogP contribution in [0.15, 0.2) is 48.5 Å². The fraction of sp³-hybridized carbons (Fsp3) is 0.364. The molecule has 0 fully saturated rings. The Hall–Kier alpha value is -2.50. The number of aliphatic hydroxyl groups excluding tert-OH is 1. The van der Waals surface area contributed by atoms with Crippen LogP contribution >= 0.6 is 0 Å². The van der Waals surface area contributed by atoms with Gasteiger partial charge in [0.25, 0.3) is 0 Å². The highest BCUT2D eigenvalue weighted by Crippen LogP contribution is 2.19. The van der Waals surface area contributed by atoms with Crippen molar-refractivity contribution in [2.45, 2.75) is 38.8 Å². The van der Waals surface area contributed by atoms with Crippen molar-refractivity contribution in [1.29, 1.82) is 0 Å². The van der Waals surface area contributed by atoms with Crippen LogP contribution in [-0.2, 0) is 17.8 Å². The summed E-state index contributed by atoms with van der Waals surface area (Å²) in [6, 6.07) is 15.3. The lowest BCUT2D eigenvalue weighted by Gasteiger charge is -2.30. The molecule has 0 saturated carbocycles. The molecular formula is C22H26N2O3. The first kappa shape index (κ1) is 19.3. The number of aliphatic hydroxyl groups is 1. The number of anilines is 1. The maximum absolute atomic E-state index is 12.4. The van der Waals surface area contributed by atoms with E-state index in [9.17, 15) is 14.7 Å². The predicted molar refractivity (Wildman–Crippen MR) is 106 cm³/mol. The summed E-state index contributed by atoms with van der Waals surface area (Å²) in [6.45, 7) is 3.79. The lowest BCUT2D eigenvalue weighted by molar-refractivity contribution is -0.114. The summed E-state index contributed by atoms with van der Waals surface area (Å²) < 4.78 is 0. The average molecular weight is 366 g/mol.